The summed E-state index contributed by atoms with van der Waals surface area (Å²) < 4.78 is 5.59. The van der Waals surface area contributed by atoms with Crippen LogP contribution in [-0.4, -0.2) is 24.7 Å². The van der Waals surface area contributed by atoms with Crippen LogP contribution in [-0.2, 0) is 12.8 Å². The summed E-state index contributed by atoms with van der Waals surface area (Å²) in [6.45, 7) is 0.948. The molecule has 3 aromatic rings. The van der Waals surface area contributed by atoms with E-state index in [1.807, 2.05) is 6.07 Å². The molecule has 0 spiro atoms. The second kappa shape index (κ2) is 7.48. The minimum atomic E-state index is 0.543. The third-order valence-corrected chi connectivity index (χ3v) is 6.49. The molecule has 0 saturated heterocycles. The molecule has 144 valence electrons. The van der Waals surface area contributed by atoms with Crippen LogP contribution in [0.25, 0.3) is 16.5 Å². The van der Waals surface area contributed by atoms with Crippen LogP contribution < -0.4 is 10.1 Å². The fourth-order valence-corrected chi connectivity index (χ4v) is 5.11. The lowest BCUT2D eigenvalue weighted by molar-refractivity contribution is 0.355. The molecule has 0 saturated carbocycles. The molecule has 3 nitrogen and oxygen atoms in total. The Bertz CT molecular complexity index is 1020. The Kier molecular flexibility index (Phi) is 4.69. The summed E-state index contributed by atoms with van der Waals surface area (Å²) in [5.41, 5.74) is 6.99. The number of H-pyrrole nitrogens is 1. The molecule has 0 radical (unpaired) electrons. The van der Waals surface area contributed by atoms with Gasteiger partial charge in [0, 0.05) is 34.7 Å². The number of aromatic nitrogens is 1. The van der Waals surface area contributed by atoms with Crippen molar-refractivity contribution >= 4 is 16.5 Å². The summed E-state index contributed by atoms with van der Waals surface area (Å²) in [7, 11) is 1.76. The van der Waals surface area contributed by atoms with E-state index in [1.165, 1.54) is 53.4 Å². The normalized spacial score (nSPS) is 22.0. The Labute approximate surface area is 166 Å². The fourth-order valence-electron chi connectivity index (χ4n) is 5.11. The average Bonchev–Trinajstić information content (AvgIpc) is 3.12. The second-order valence-electron chi connectivity index (χ2n) is 8.21. The van der Waals surface area contributed by atoms with Crippen LogP contribution in [0.2, 0.25) is 0 Å². The van der Waals surface area contributed by atoms with Crippen molar-refractivity contribution in [3.63, 3.8) is 0 Å². The van der Waals surface area contributed by atoms with E-state index in [4.69, 9.17) is 4.74 Å². The number of methoxy groups -OCH3 is 1. The Morgan fingerprint density at radius 1 is 1.04 bits per heavy atom. The summed E-state index contributed by atoms with van der Waals surface area (Å²) in [5, 5.41) is 5.16. The smallest absolute Gasteiger partial charge is 0.126 e. The molecule has 2 N–H and O–H groups in total. The van der Waals surface area contributed by atoms with Gasteiger partial charge < -0.3 is 15.0 Å². The zero-order valence-electron chi connectivity index (χ0n) is 16.5. The lowest BCUT2D eigenvalue weighted by Crippen LogP contribution is -2.35. The van der Waals surface area contributed by atoms with E-state index in [0.29, 0.717) is 6.04 Å². The van der Waals surface area contributed by atoms with Gasteiger partial charge in [0.25, 0.3) is 0 Å². The average molecular weight is 373 g/mol. The van der Waals surface area contributed by atoms with Crippen molar-refractivity contribution in [1.82, 2.24) is 10.3 Å². The van der Waals surface area contributed by atoms with Crippen molar-refractivity contribution in [1.29, 1.82) is 0 Å². The van der Waals surface area contributed by atoms with Crippen LogP contribution in [0.5, 0.6) is 5.75 Å². The highest BCUT2D eigenvalue weighted by Crippen LogP contribution is 2.36. The first-order valence-electron chi connectivity index (χ1n) is 10.5. The lowest BCUT2D eigenvalue weighted by atomic mass is 9.80. The predicted octanol–water partition coefficient (Wildman–Crippen LogP) is 5.12. The number of hydrogen-bond donors (Lipinski definition) is 2. The Morgan fingerprint density at radius 2 is 1.89 bits per heavy atom. The van der Waals surface area contributed by atoms with Crippen LogP contribution >= 0.6 is 0 Å². The topological polar surface area (TPSA) is 37.0 Å². The van der Waals surface area contributed by atoms with Gasteiger partial charge in [-0.2, -0.15) is 0 Å². The molecule has 1 aliphatic carbocycles. The number of ether oxygens (including phenoxy) is 1. The number of rotatable bonds is 4. The molecular formula is C25H28N2O. The van der Waals surface area contributed by atoms with Crippen LogP contribution in [0.15, 0.2) is 54.6 Å². The van der Waals surface area contributed by atoms with Crippen molar-refractivity contribution in [2.75, 3.05) is 13.7 Å². The first kappa shape index (κ1) is 17.6. The van der Waals surface area contributed by atoms with Gasteiger partial charge in [0.1, 0.15) is 5.75 Å². The summed E-state index contributed by atoms with van der Waals surface area (Å²) in [6, 6.07) is 17.7. The first-order chi connectivity index (χ1) is 13.8. The minimum Gasteiger partial charge on any atom is -0.496 e. The van der Waals surface area contributed by atoms with Crippen molar-refractivity contribution in [2.45, 2.75) is 38.1 Å². The lowest BCUT2D eigenvalue weighted by Gasteiger charge is -2.30. The molecule has 5 rings (SSSR count). The fraction of sp³-hybridized carbons (Fsp3) is 0.360. The number of fused-ring (bicyclic) bond motifs is 3. The van der Waals surface area contributed by atoms with Gasteiger partial charge in [0.2, 0.25) is 0 Å². The number of para-hydroxylation sites is 2. The van der Waals surface area contributed by atoms with Crippen molar-refractivity contribution in [3.8, 4) is 5.75 Å². The van der Waals surface area contributed by atoms with Gasteiger partial charge in [0.15, 0.2) is 0 Å². The van der Waals surface area contributed by atoms with E-state index in [1.54, 1.807) is 12.7 Å². The third kappa shape index (κ3) is 3.24. The molecule has 1 aliphatic heterocycles. The molecule has 0 amide bonds. The second-order valence-corrected chi connectivity index (χ2v) is 8.21. The van der Waals surface area contributed by atoms with Gasteiger partial charge in [-0.1, -0.05) is 42.5 Å². The predicted molar refractivity (Wildman–Crippen MR) is 116 cm³/mol. The van der Waals surface area contributed by atoms with Crippen LogP contribution in [0.4, 0.5) is 0 Å². The Morgan fingerprint density at radius 3 is 2.82 bits per heavy atom. The number of aryl methyl sites for hydroxylation is 1. The maximum atomic E-state index is 5.59. The van der Waals surface area contributed by atoms with E-state index < -0.39 is 0 Å². The molecule has 2 heterocycles. The van der Waals surface area contributed by atoms with Crippen molar-refractivity contribution < 1.29 is 4.74 Å². The monoisotopic (exact) mass is 372 g/mol. The summed E-state index contributed by atoms with van der Waals surface area (Å²) in [6.07, 6.45) is 8.31. The van der Waals surface area contributed by atoms with E-state index in [-0.39, 0.29) is 0 Å². The number of aromatic amines is 1. The highest BCUT2D eigenvalue weighted by molar-refractivity contribution is 5.84. The summed E-state index contributed by atoms with van der Waals surface area (Å²) in [4.78, 5) is 3.64. The van der Waals surface area contributed by atoms with E-state index in [9.17, 15) is 0 Å². The van der Waals surface area contributed by atoms with Crippen LogP contribution in [0.3, 0.4) is 0 Å². The molecule has 2 aromatic carbocycles. The van der Waals surface area contributed by atoms with Gasteiger partial charge in [-0.25, -0.2) is 0 Å². The zero-order chi connectivity index (χ0) is 18.9. The van der Waals surface area contributed by atoms with Gasteiger partial charge >= 0.3 is 0 Å². The molecule has 1 aromatic heterocycles. The molecule has 2 unspecified atom stereocenters. The van der Waals surface area contributed by atoms with E-state index in [2.05, 4.69) is 58.8 Å². The SMILES string of the molecule is COc1ccccc1C1=CCNC(CC2CCc3[nH]c4ccccc4c3C2)C1. The number of hydrogen-bond acceptors (Lipinski definition) is 2. The molecule has 28 heavy (non-hydrogen) atoms. The molecule has 0 bridgehead atoms. The number of benzene rings is 2. The highest BCUT2D eigenvalue weighted by atomic mass is 16.5. The standard InChI is InChI=1S/C25H28N2O/c1-28-25-9-5-3-6-20(25)18-12-13-26-19(16-18)14-17-10-11-24-22(15-17)21-7-2-4-8-23(21)27-24/h2-9,12,17,19,26-27H,10-11,13-16H2,1H3. The van der Waals surface area contributed by atoms with Gasteiger partial charge in [-0.3, -0.25) is 0 Å². The van der Waals surface area contributed by atoms with Gasteiger partial charge in [-0.05, 0) is 61.3 Å². The molecular weight excluding hydrogens is 344 g/mol. The Hall–Kier alpha value is -2.52. The largest absolute Gasteiger partial charge is 0.496 e. The molecule has 0 fully saturated rings. The number of nitrogens with one attached hydrogen (secondary N) is 2. The zero-order valence-corrected chi connectivity index (χ0v) is 16.5. The molecule has 2 aliphatic rings. The summed E-state index contributed by atoms with van der Waals surface area (Å²) >= 11 is 0. The van der Waals surface area contributed by atoms with Gasteiger partial charge in [-0.15, -0.1) is 0 Å². The van der Waals surface area contributed by atoms with Crippen molar-refractivity contribution in [2.24, 2.45) is 5.92 Å². The maximum Gasteiger partial charge on any atom is 0.126 e. The highest BCUT2D eigenvalue weighted by Gasteiger charge is 2.26. The van der Waals surface area contributed by atoms with E-state index in [0.717, 1.165) is 24.6 Å². The third-order valence-electron chi connectivity index (χ3n) is 6.49. The summed E-state index contributed by atoms with van der Waals surface area (Å²) in [5.74, 6) is 1.73. The Balaban J connectivity index is 1.30. The van der Waals surface area contributed by atoms with E-state index >= 15 is 0 Å². The maximum absolute atomic E-state index is 5.59. The molecule has 3 heteroatoms. The minimum absolute atomic E-state index is 0.543. The first-order valence-corrected chi connectivity index (χ1v) is 10.5. The molecule has 2 atom stereocenters. The van der Waals surface area contributed by atoms with Gasteiger partial charge in [0.05, 0.1) is 7.11 Å². The van der Waals surface area contributed by atoms with Crippen LogP contribution in [0.1, 0.15) is 36.1 Å². The van der Waals surface area contributed by atoms with Crippen molar-refractivity contribution in [3.05, 3.63) is 71.4 Å². The van der Waals surface area contributed by atoms with Crippen LogP contribution in [0, 0.1) is 5.92 Å². The quantitative estimate of drug-likeness (QED) is 0.667.